The van der Waals surface area contributed by atoms with Crippen LogP contribution in [-0.4, -0.2) is 31.7 Å². The van der Waals surface area contributed by atoms with Crippen molar-refractivity contribution in [2.24, 2.45) is 5.73 Å². The van der Waals surface area contributed by atoms with E-state index in [-0.39, 0.29) is 0 Å². The topological polar surface area (TPSA) is 93.4 Å². The molecule has 0 unspecified atom stereocenters. The summed E-state index contributed by atoms with van der Waals surface area (Å²) in [4.78, 5) is 12.3. The normalized spacial score (nSPS) is 10.5. The van der Waals surface area contributed by atoms with Crippen LogP contribution in [0.1, 0.15) is 5.56 Å². The number of aromatic nitrogens is 5. The molecule has 6 nitrogen and oxygen atoms in total. The fourth-order valence-electron chi connectivity index (χ4n) is 1.02. The summed E-state index contributed by atoms with van der Waals surface area (Å²) in [7, 11) is 0. The average molecular weight is 222 g/mol. The van der Waals surface area contributed by atoms with Gasteiger partial charge in [-0.1, -0.05) is 0 Å². The minimum absolute atomic E-state index is 0.609. The van der Waals surface area contributed by atoms with Gasteiger partial charge in [-0.2, -0.15) is 5.10 Å². The maximum absolute atomic E-state index is 5.42. The Labute approximate surface area is 90.7 Å². The maximum Gasteiger partial charge on any atom is 0.195 e. The summed E-state index contributed by atoms with van der Waals surface area (Å²) in [6.45, 7) is 0.609. The number of H-pyrrole nitrogens is 1. The Hall–Kier alpha value is -1.47. The Kier molecular flexibility index (Phi) is 3.25. The Bertz CT molecular complexity index is 398. The molecule has 7 heteroatoms. The first-order valence-corrected chi connectivity index (χ1v) is 5.24. The summed E-state index contributed by atoms with van der Waals surface area (Å²) in [5, 5.41) is 7.79. The maximum atomic E-state index is 5.42. The Balaban J connectivity index is 2.04. The molecule has 0 atom stereocenters. The van der Waals surface area contributed by atoms with Crippen LogP contribution in [0.15, 0.2) is 29.0 Å². The standard InChI is InChI=1S/C8H10N6S/c9-2-1-6-3-10-7(11-4-6)15-8-12-5-13-14-8/h3-5H,1-2,9H2,(H,12,13,14). The summed E-state index contributed by atoms with van der Waals surface area (Å²) in [5.41, 5.74) is 6.47. The molecule has 0 aliphatic heterocycles. The molecule has 3 N–H and O–H groups in total. The predicted molar refractivity (Wildman–Crippen MR) is 55.3 cm³/mol. The van der Waals surface area contributed by atoms with E-state index < -0.39 is 0 Å². The van der Waals surface area contributed by atoms with Gasteiger partial charge in [0.1, 0.15) is 6.33 Å². The molecular weight excluding hydrogens is 212 g/mol. The molecule has 2 aromatic rings. The zero-order valence-corrected chi connectivity index (χ0v) is 8.74. The second-order valence-electron chi connectivity index (χ2n) is 2.81. The highest BCUT2D eigenvalue weighted by molar-refractivity contribution is 7.99. The molecule has 0 saturated carbocycles. The zero-order valence-electron chi connectivity index (χ0n) is 7.92. The summed E-state index contributed by atoms with van der Waals surface area (Å²) >= 11 is 1.34. The second-order valence-corrected chi connectivity index (χ2v) is 3.76. The van der Waals surface area contributed by atoms with E-state index in [0.29, 0.717) is 16.9 Å². The predicted octanol–water partition coefficient (Wildman–Crippen LogP) is 0.247. The van der Waals surface area contributed by atoms with Gasteiger partial charge in [-0.25, -0.2) is 15.0 Å². The van der Waals surface area contributed by atoms with Crippen molar-refractivity contribution in [3.8, 4) is 0 Å². The fraction of sp³-hybridized carbons (Fsp3) is 0.250. The number of nitrogens with one attached hydrogen (secondary N) is 1. The highest BCUT2D eigenvalue weighted by Crippen LogP contribution is 2.18. The average Bonchev–Trinajstić information content (AvgIpc) is 2.74. The van der Waals surface area contributed by atoms with Crippen LogP contribution >= 0.6 is 11.8 Å². The van der Waals surface area contributed by atoms with Gasteiger partial charge in [0.05, 0.1) is 0 Å². The first kappa shape index (κ1) is 10.1. The smallest absolute Gasteiger partial charge is 0.195 e. The number of hydrogen-bond acceptors (Lipinski definition) is 6. The first-order chi connectivity index (χ1) is 7.38. The SMILES string of the molecule is NCCc1cnc(Sc2ncn[nH]2)nc1. The molecule has 0 bridgehead atoms. The highest BCUT2D eigenvalue weighted by atomic mass is 32.2. The lowest BCUT2D eigenvalue weighted by Gasteiger charge is -1.98. The molecule has 0 amide bonds. The third-order valence-corrected chi connectivity index (χ3v) is 2.48. The van der Waals surface area contributed by atoms with Crippen molar-refractivity contribution >= 4 is 11.8 Å². The van der Waals surface area contributed by atoms with Gasteiger partial charge >= 0.3 is 0 Å². The fourth-order valence-corrected chi connectivity index (χ4v) is 1.60. The van der Waals surface area contributed by atoms with Gasteiger partial charge in [0.15, 0.2) is 10.3 Å². The number of aromatic amines is 1. The van der Waals surface area contributed by atoms with Gasteiger partial charge in [0.2, 0.25) is 0 Å². The number of nitrogens with two attached hydrogens (primary N) is 1. The van der Waals surface area contributed by atoms with Gasteiger partial charge in [-0.15, -0.1) is 0 Å². The molecule has 0 fully saturated rings. The summed E-state index contributed by atoms with van der Waals surface area (Å²) < 4.78 is 0. The van der Waals surface area contributed by atoms with Crippen LogP contribution in [0.5, 0.6) is 0 Å². The minimum Gasteiger partial charge on any atom is -0.330 e. The van der Waals surface area contributed by atoms with Crippen LogP contribution in [-0.2, 0) is 6.42 Å². The van der Waals surface area contributed by atoms with Gasteiger partial charge in [-0.3, -0.25) is 5.10 Å². The molecule has 0 aromatic carbocycles. The molecule has 2 heterocycles. The molecular formula is C8H10N6S. The van der Waals surface area contributed by atoms with Crippen molar-refractivity contribution in [3.63, 3.8) is 0 Å². The number of rotatable bonds is 4. The largest absolute Gasteiger partial charge is 0.330 e. The molecule has 0 aliphatic rings. The van der Waals surface area contributed by atoms with Crippen LogP contribution in [0.3, 0.4) is 0 Å². The van der Waals surface area contributed by atoms with E-state index in [9.17, 15) is 0 Å². The van der Waals surface area contributed by atoms with Crippen LogP contribution in [0, 0.1) is 0 Å². The van der Waals surface area contributed by atoms with E-state index in [0.717, 1.165) is 12.0 Å². The number of hydrogen-bond donors (Lipinski definition) is 2. The lowest BCUT2D eigenvalue weighted by molar-refractivity contribution is 0.883. The van der Waals surface area contributed by atoms with Crippen molar-refractivity contribution < 1.29 is 0 Å². The van der Waals surface area contributed by atoms with Crippen molar-refractivity contribution in [2.45, 2.75) is 16.7 Å². The summed E-state index contributed by atoms with van der Waals surface area (Å²) in [6, 6.07) is 0. The van der Waals surface area contributed by atoms with Crippen molar-refractivity contribution in [3.05, 3.63) is 24.3 Å². The third-order valence-electron chi connectivity index (χ3n) is 1.70. The van der Waals surface area contributed by atoms with E-state index in [4.69, 9.17) is 5.73 Å². The van der Waals surface area contributed by atoms with Crippen LogP contribution < -0.4 is 5.73 Å². The third kappa shape index (κ3) is 2.74. The number of nitrogens with zero attached hydrogens (tertiary/aromatic N) is 4. The molecule has 0 radical (unpaired) electrons. The van der Waals surface area contributed by atoms with E-state index >= 15 is 0 Å². The molecule has 0 aliphatic carbocycles. The molecule has 2 aromatic heterocycles. The first-order valence-electron chi connectivity index (χ1n) is 4.42. The molecule has 78 valence electrons. The van der Waals surface area contributed by atoms with Crippen LogP contribution in [0.25, 0.3) is 0 Å². The van der Waals surface area contributed by atoms with E-state index in [1.54, 1.807) is 12.4 Å². The van der Waals surface area contributed by atoms with Crippen molar-refractivity contribution in [1.82, 2.24) is 25.1 Å². The quantitative estimate of drug-likeness (QED) is 0.720. The van der Waals surface area contributed by atoms with Crippen LogP contribution in [0.2, 0.25) is 0 Å². The summed E-state index contributed by atoms with van der Waals surface area (Å²) in [5.74, 6) is 0. The van der Waals surface area contributed by atoms with Gasteiger partial charge in [-0.05, 0) is 30.3 Å². The van der Waals surface area contributed by atoms with Crippen LogP contribution in [0.4, 0.5) is 0 Å². The van der Waals surface area contributed by atoms with Crippen molar-refractivity contribution in [1.29, 1.82) is 0 Å². The van der Waals surface area contributed by atoms with Gasteiger partial charge < -0.3 is 5.73 Å². The molecule has 2 rings (SSSR count). The van der Waals surface area contributed by atoms with Gasteiger partial charge in [0.25, 0.3) is 0 Å². The molecule has 0 spiro atoms. The zero-order chi connectivity index (χ0) is 10.5. The minimum atomic E-state index is 0.609. The lowest BCUT2D eigenvalue weighted by atomic mass is 10.2. The van der Waals surface area contributed by atoms with Crippen molar-refractivity contribution in [2.75, 3.05) is 6.54 Å². The van der Waals surface area contributed by atoms with Gasteiger partial charge in [0, 0.05) is 12.4 Å². The highest BCUT2D eigenvalue weighted by Gasteiger charge is 2.02. The molecule has 15 heavy (non-hydrogen) atoms. The Morgan fingerprint density at radius 3 is 2.67 bits per heavy atom. The van der Waals surface area contributed by atoms with E-state index in [2.05, 4.69) is 25.1 Å². The Morgan fingerprint density at radius 1 is 1.27 bits per heavy atom. The lowest BCUT2D eigenvalue weighted by Crippen LogP contribution is -2.03. The summed E-state index contributed by atoms with van der Waals surface area (Å²) in [6.07, 6.45) is 5.80. The second kappa shape index (κ2) is 4.85. The van der Waals surface area contributed by atoms with E-state index in [1.165, 1.54) is 18.1 Å². The molecule has 0 saturated heterocycles. The Morgan fingerprint density at radius 2 is 2.07 bits per heavy atom. The monoisotopic (exact) mass is 222 g/mol. The van der Waals surface area contributed by atoms with E-state index in [1.807, 2.05) is 0 Å².